The first kappa shape index (κ1) is 12.9. The van der Waals surface area contributed by atoms with E-state index in [0.717, 1.165) is 6.42 Å². The molecule has 0 aromatic heterocycles. The molecule has 0 aromatic carbocycles. The Morgan fingerprint density at radius 2 is 2.07 bits per heavy atom. The van der Waals surface area contributed by atoms with Gasteiger partial charge in [-0.05, 0) is 20.3 Å². The molecule has 14 heavy (non-hydrogen) atoms. The molecule has 0 bridgehead atoms. The summed E-state index contributed by atoms with van der Waals surface area (Å²) in [5.74, 6) is -0.0481. The second-order valence-electron chi connectivity index (χ2n) is 3.52. The molecule has 0 radical (unpaired) electrons. The first-order chi connectivity index (χ1) is 6.60. The zero-order valence-electron chi connectivity index (χ0n) is 9.13. The molecule has 2 N–H and O–H groups in total. The number of carbonyl (C=O) groups excluding carboxylic acids is 1. The van der Waals surface area contributed by atoms with Crippen LogP contribution in [0.3, 0.4) is 0 Å². The molecule has 0 fully saturated rings. The quantitative estimate of drug-likeness (QED) is 0.661. The van der Waals surface area contributed by atoms with Gasteiger partial charge in [-0.15, -0.1) is 0 Å². The van der Waals surface area contributed by atoms with E-state index in [4.69, 9.17) is 5.26 Å². The molecule has 0 aliphatic carbocycles. The van der Waals surface area contributed by atoms with Gasteiger partial charge in [0.2, 0.25) is 5.91 Å². The van der Waals surface area contributed by atoms with E-state index in [9.17, 15) is 4.79 Å². The topological polar surface area (TPSA) is 64.9 Å². The van der Waals surface area contributed by atoms with E-state index < -0.39 is 0 Å². The van der Waals surface area contributed by atoms with Gasteiger partial charge in [0.15, 0.2) is 0 Å². The summed E-state index contributed by atoms with van der Waals surface area (Å²) in [4.78, 5) is 11.3. The minimum absolute atomic E-state index is 0.0481. The molecule has 0 rings (SSSR count). The van der Waals surface area contributed by atoms with Gasteiger partial charge in [-0.1, -0.05) is 6.92 Å². The van der Waals surface area contributed by atoms with E-state index in [0.29, 0.717) is 19.0 Å². The Balaban J connectivity index is 3.61. The third kappa shape index (κ3) is 6.44. The summed E-state index contributed by atoms with van der Waals surface area (Å²) in [6.45, 7) is 6.25. The first-order valence-electron chi connectivity index (χ1n) is 4.99. The molecule has 0 saturated carbocycles. The standard InChI is InChI=1S/C10H19N3O/c1-4-8(2)12-7-10(14)13-9(3)5-6-11/h8-9,12H,4-5,7H2,1-3H3,(H,13,14). The van der Waals surface area contributed by atoms with Crippen LogP contribution in [0, 0.1) is 11.3 Å². The van der Waals surface area contributed by atoms with E-state index in [-0.39, 0.29) is 11.9 Å². The summed E-state index contributed by atoms with van der Waals surface area (Å²) < 4.78 is 0. The van der Waals surface area contributed by atoms with Gasteiger partial charge in [-0.2, -0.15) is 5.26 Å². The molecule has 0 aliphatic heterocycles. The molecule has 1 amide bonds. The van der Waals surface area contributed by atoms with Crippen LogP contribution in [0.5, 0.6) is 0 Å². The number of nitrogens with one attached hydrogen (secondary N) is 2. The minimum atomic E-state index is -0.0637. The summed E-state index contributed by atoms with van der Waals surface area (Å²) >= 11 is 0. The maximum absolute atomic E-state index is 11.3. The highest BCUT2D eigenvalue weighted by atomic mass is 16.1. The van der Waals surface area contributed by atoms with Gasteiger partial charge in [0.25, 0.3) is 0 Å². The van der Waals surface area contributed by atoms with Gasteiger partial charge < -0.3 is 10.6 Å². The molecule has 0 aliphatic rings. The summed E-state index contributed by atoms with van der Waals surface area (Å²) in [6.07, 6.45) is 1.36. The molecule has 0 heterocycles. The lowest BCUT2D eigenvalue weighted by atomic mass is 10.2. The molecule has 4 heteroatoms. The summed E-state index contributed by atoms with van der Waals surface area (Å²) in [6, 6.07) is 2.30. The second kappa shape index (κ2) is 7.34. The van der Waals surface area contributed by atoms with Crippen molar-refractivity contribution in [2.45, 2.75) is 45.7 Å². The fourth-order valence-corrected chi connectivity index (χ4v) is 0.925. The predicted octanol–water partition coefficient (Wildman–Crippen LogP) is 0.793. The summed E-state index contributed by atoms with van der Waals surface area (Å²) in [5, 5.41) is 14.2. The zero-order chi connectivity index (χ0) is 11.0. The number of amides is 1. The molecule has 0 spiro atoms. The van der Waals surface area contributed by atoms with Crippen LogP contribution in [-0.4, -0.2) is 24.5 Å². The van der Waals surface area contributed by atoms with Crippen molar-refractivity contribution < 1.29 is 4.79 Å². The molecular formula is C10H19N3O. The monoisotopic (exact) mass is 197 g/mol. The maximum atomic E-state index is 11.3. The van der Waals surface area contributed by atoms with Gasteiger partial charge in [0.05, 0.1) is 19.0 Å². The van der Waals surface area contributed by atoms with E-state index in [2.05, 4.69) is 17.6 Å². The van der Waals surface area contributed by atoms with Crippen LogP contribution in [0.1, 0.15) is 33.6 Å². The van der Waals surface area contributed by atoms with Gasteiger partial charge in [0.1, 0.15) is 0 Å². The van der Waals surface area contributed by atoms with Gasteiger partial charge in [-0.25, -0.2) is 0 Å². The Hall–Kier alpha value is -1.08. The zero-order valence-corrected chi connectivity index (χ0v) is 9.13. The van der Waals surface area contributed by atoms with Gasteiger partial charge in [0, 0.05) is 12.1 Å². The molecular weight excluding hydrogens is 178 g/mol. The van der Waals surface area contributed by atoms with Gasteiger partial charge in [-0.3, -0.25) is 4.79 Å². The average Bonchev–Trinajstić information content (AvgIpc) is 2.14. The molecule has 80 valence electrons. The number of rotatable bonds is 6. The number of nitrogens with zero attached hydrogens (tertiary/aromatic N) is 1. The van der Waals surface area contributed by atoms with Crippen LogP contribution in [-0.2, 0) is 4.79 Å². The van der Waals surface area contributed by atoms with Gasteiger partial charge >= 0.3 is 0 Å². The second-order valence-corrected chi connectivity index (χ2v) is 3.52. The van der Waals surface area contributed by atoms with Crippen molar-refractivity contribution in [3.05, 3.63) is 0 Å². The normalized spacial score (nSPS) is 14.1. The highest BCUT2D eigenvalue weighted by Gasteiger charge is 2.07. The van der Waals surface area contributed by atoms with Crippen molar-refractivity contribution in [2.75, 3.05) is 6.54 Å². The Labute approximate surface area is 85.7 Å². The maximum Gasteiger partial charge on any atom is 0.234 e. The van der Waals surface area contributed by atoms with Crippen LogP contribution >= 0.6 is 0 Å². The Morgan fingerprint density at radius 3 is 2.57 bits per heavy atom. The number of hydrogen-bond acceptors (Lipinski definition) is 3. The SMILES string of the molecule is CCC(C)NCC(=O)NC(C)CC#N. The summed E-state index contributed by atoms with van der Waals surface area (Å²) in [5.41, 5.74) is 0. The largest absolute Gasteiger partial charge is 0.352 e. The third-order valence-electron chi connectivity index (χ3n) is 2.03. The number of hydrogen-bond donors (Lipinski definition) is 2. The Bertz CT molecular complexity index is 210. The van der Waals surface area contributed by atoms with Crippen molar-refractivity contribution in [1.82, 2.24) is 10.6 Å². The lowest BCUT2D eigenvalue weighted by molar-refractivity contribution is -0.120. The Morgan fingerprint density at radius 1 is 1.43 bits per heavy atom. The minimum Gasteiger partial charge on any atom is -0.352 e. The molecule has 0 saturated heterocycles. The molecule has 4 nitrogen and oxygen atoms in total. The summed E-state index contributed by atoms with van der Waals surface area (Å²) in [7, 11) is 0. The lowest BCUT2D eigenvalue weighted by Crippen LogP contribution is -2.41. The van der Waals surface area contributed by atoms with Crippen LogP contribution in [0.4, 0.5) is 0 Å². The average molecular weight is 197 g/mol. The number of nitriles is 1. The first-order valence-corrected chi connectivity index (χ1v) is 4.99. The van der Waals surface area contributed by atoms with E-state index in [1.807, 2.05) is 19.9 Å². The smallest absolute Gasteiger partial charge is 0.234 e. The fraction of sp³-hybridized carbons (Fsp3) is 0.800. The molecule has 2 unspecified atom stereocenters. The van der Waals surface area contributed by atoms with Crippen LogP contribution in [0.2, 0.25) is 0 Å². The van der Waals surface area contributed by atoms with Crippen LogP contribution in [0.15, 0.2) is 0 Å². The van der Waals surface area contributed by atoms with Crippen molar-refractivity contribution in [2.24, 2.45) is 0 Å². The van der Waals surface area contributed by atoms with E-state index >= 15 is 0 Å². The number of carbonyl (C=O) groups is 1. The highest BCUT2D eigenvalue weighted by Crippen LogP contribution is 1.89. The predicted molar refractivity (Wildman–Crippen MR) is 55.6 cm³/mol. The Kier molecular flexibility index (Phi) is 6.77. The fourth-order valence-electron chi connectivity index (χ4n) is 0.925. The van der Waals surface area contributed by atoms with Crippen molar-refractivity contribution >= 4 is 5.91 Å². The van der Waals surface area contributed by atoms with Crippen LogP contribution in [0.25, 0.3) is 0 Å². The molecule has 0 aromatic rings. The van der Waals surface area contributed by atoms with Crippen molar-refractivity contribution in [3.8, 4) is 6.07 Å². The highest BCUT2D eigenvalue weighted by molar-refractivity contribution is 5.78. The lowest BCUT2D eigenvalue weighted by Gasteiger charge is -2.13. The van der Waals surface area contributed by atoms with Crippen molar-refractivity contribution in [1.29, 1.82) is 5.26 Å². The van der Waals surface area contributed by atoms with E-state index in [1.54, 1.807) is 0 Å². The van der Waals surface area contributed by atoms with Crippen LogP contribution < -0.4 is 10.6 Å². The third-order valence-corrected chi connectivity index (χ3v) is 2.03. The van der Waals surface area contributed by atoms with Crippen molar-refractivity contribution in [3.63, 3.8) is 0 Å². The van der Waals surface area contributed by atoms with E-state index in [1.165, 1.54) is 0 Å². The molecule has 2 atom stereocenters.